The number of likely N-dealkylation sites (N-methyl/N-ethyl adjacent to an activating group) is 1. The number of hydrogen-bond donors (Lipinski definition) is 0. The molecule has 0 aliphatic rings. The molecule has 2 aromatic rings. The molecule has 0 fully saturated rings. The van der Waals surface area contributed by atoms with E-state index in [-0.39, 0.29) is 10.7 Å². The van der Waals surface area contributed by atoms with E-state index >= 15 is 0 Å². The van der Waals surface area contributed by atoms with Gasteiger partial charge in [-0.15, -0.1) is 11.3 Å². The smallest absolute Gasteiger partial charge is 0.242 e. The second-order valence-corrected chi connectivity index (χ2v) is 7.82. The normalized spacial score (nSPS) is 11.8. The number of sulfonamides is 1. The number of carbonyl (C=O) groups excluding carboxylic acids is 1. The summed E-state index contributed by atoms with van der Waals surface area (Å²) < 4.78 is 26.3. The lowest BCUT2D eigenvalue weighted by Crippen LogP contribution is -2.29. The third-order valence-corrected chi connectivity index (χ3v) is 5.99. The van der Waals surface area contributed by atoms with Gasteiger partial charge in [-0.3, -0.25) is 4.79 Å². The zero-order valence-electron chi connectivity index (χ0n) is 11.9. The fourth-order valence-corrected chi connectivity index (χ4v) is 3.81. The molecule has 0 unspecified atom stereocenters. The highest BCUT2D eigenvalue weighted by Crippen LogP contribution is 2.17. The van der Waals surface area contributed by atoms with Gasteiger partial charge in [0.15, 0.2) is 5.78 Å². The Balaban J connectivity index is 2.16. The van der Waals surface area contributed by atoms with Gasteiger partial charge in [-0.25, -0.2) is 12.7 Å². The van der Waals surface area contributed by atoms with Gasteiger partial charge in [0.2, 0.25) is 10.0 Å². The SMILES string of the molecule is CC(=O)c1cccc(S(=O)(=O)N(C)CCc2cccs2)c1. The summed E-state index contributed by atoms with van der Waals surface area (Å²) >= 11 is 1.61. The van der Waals surface area contributed by atoms with Gasteiger partial charge in [0.25, 0.3) is 0 Å². The molecule has 21 heavy (non-hydrogen) atoms. The Labute approximate surface area is 129 Å². The Morgan fingerprint density at radius 3 is 2.62 bits per heavy atom. The first kappa shape index (κ1) is 15.9. The molecule has 0 saturated carbocycles. The largest absolute Gasteiger partial charge is 0.295 e. The molecule has 2 rings (SSSR count). The summed E-state index contributed by atoms with van der Waals surface area (Å²) in [6, 6.07) is 10.1. The quantitative estimate of drug-likeness (QED) is 0.768. The Morgan fingerprint density at radius 1 is 1.24 bits per heavy atom. The molecular formula is C15H17NO3S2. The second kappa shape index (κ2) is 6.51. The van der Waals surface area contributed by atoms with E-state index in [1.807, 2.05) is 17.5 Å². The summed E-state index contributed by atoms with van der Waals surface area (Å²) in [6.45, 7) is 1.83. The van der Waals surface area contributed by atoms with Crippen LogP contribution in [-0.4, -0.2) is 32.1 Å². The molecule has 0 atom stereocenters. The molecule has 112 valence electrons. The fourth-order valence-electron chi connectivity index (χ4n) is 1.90. The third kappa shape index (κ3) is 3.78. The molecular weight excluding hydrogens is 306 g/mol. The first-order valence-electron chi connectivity index (χ1n) is 6.51. The van der Waals surface area contributed by atoms with Crippen LogP contribution in [0.3, 0.4) is 0 Å². The van der Waals surface area contributed by atoms with Crippen molar-refractivity contribution in [2.75, 3.05) is 13.6 Å². The van der Waals surface area contributed by atoms with Crippen molar-refractivity contribution in [1.82, 2.24) is 4.31 Å². The lowest BCUT2D eigenvalue weighted by atomic mass is 10.2. The lowest BCUT2D eigenvalue weighted by molar-refractivity contribution is 0.101. The maximum absolute atomic E-state index is 12.5. The monoisotopic (exact) mass is 323 g/mol. The molecule has 0 amide bonds. The van der Waals surface area contributed by atoms with Gasteiger partial charge in [0, 0.05) is 24.0 Å². The van der Waals surface area contributed by atoms with E-state index in [0.717, 1.165) is 4.88 Å². The second-order valence-electron chi connectivity index (χ2n) is 4.74. The molecule has 4 nitrogen and oxygen atoms in total. The zero-order valence-corrected chi connectivity index (χ0v) is 13.6. The Hall–Kier alpha value is -1.50. The predicted octanol–water partition coefficient (Wildman–Crippen LogP) is 2.81. The van der Waals surface area contributed by atoms with E-state index in [1.165, 1.54) is 23.4 Å². The maximum atomic E-state index is 12.5. The minimum Gasteiger partial charge on any atom is -0.295 e. The molecule has 1 aromatic heterocycles. The maximum Gasteiger partial charge on any atom is 0.242 e. The van der Waals surface area contributed by atoms with E-state index in [1.54, 1.807) is 30.5 Å². The highest BCUT2D eigenvalue weighted by Gasteiger charge is 2.21. The topological polar surface area (TPSA) is 54.5 Å². The van der Waals surface area contributed by atoms with Gasteiger partial charge in [-0.05, 0) is 36.9 Å². The lowest BCUT2D eigenvalue weighted by Gasteiger charge is -2.17. The molecule has 0 radical (unpaired) electrons. The van der Waals surface area contributed by atoms with Crippen LogP contribution in [0.1, 0.15) is 22.2 Å². The van der Waals surface area contributed by atoms with Gasteiger partial charge in [-0.1, -0.05) is 18.2 Å². The van der Waals surface area contributed by atoms with Crippen LogP contribution >= 0.6 is 11.3 Å². The van der Waals surface area contributed by atoms with Gasteiger partial charge >= 0.3 is 0 Å². The number of ketones is 1. The van der Waals surface area contributed by atoms with Crippen LogP contribution in [0.5, 0.6) is 0 Å². The van der Waals surface area contributed by atoms with Crippen molar-refractivity contribution in [2.45, 2.75) is 18.2 Å². The molecule has 1 heterocycles. The number of rotatable bonds is 6. The first-order valence-corrected chi connectivity index (χ1v) is 8.83. The summed E-state index contributed by atoms with van der Waals surface area (Å²) in [5.41, 5.74) is 0.405. The standard InChI is InChI=1S/C15H17NO3S2/c1-12(17)13-5-3-7-15(11-13)21(18,19)16(2)9-8-14-6-4-10-20-14/h3-7,10-11H,8-9H2,1-2H3. The van der Waals surface area contributed by atoms with E-state index in [0.29, 0.717) is 18.5 Å². The number of thiophene rings is 1. The Morgan fingerprint density at radius 2 is 2.00 bits per heavy atom. The van der Waals surface area contributed by atoms with E-state index in [2.05, 4.69) is 0 Å². The Bertz CT molecular complexity index is 721. The molecule has 0 saturated heterocycles. The zero-order chi connectivity index (χ0) is 15.5. The van der Waals surface area contributed by atoms with E-state index in [9.17, 15) is 13.2 Å². The van der Waals surface area contributed by atoms with Crippen LogP contribution in [0.2, 0.25) is 0 Å². The average Bonchev–Trinajstić information content (AvgIpc) is 2.98. The van der Waals surface area contributed by atoms with Gasteiger partial charge < -0.3 is 0 Å². The minimum atomic E-state index is -3.56. The number of hydrogen-bond acceptors (Lipinski definition) is 4. The molecule has 0 aliphatic carbocycles. The number of Topliss-reactive ketones (excluding diaryl/α,β-unsaturated/α-hetero) is 1. The van der Waals surface area contributed by atoms with Crippen LogP contribution < -0.4 is 0 Å². The van der Waals surface area contributed by atoms with Crippen LogP contribution in [0, 0.1) is 0 Å². The highest BCUT2D eigenvalue weighted by atomic mass is 32.2. The first-order chi connectivity index (χ1) is 9.91. The van der Waals surface area contributed by atoms with Crippen molar-refractivity contribution in [3.63, 3.8) is 0 Å². The van der Waals surface area contributed by atoms with Crippen LogP contribution in [0.25, 0.3) is 0 Å². The average molecular weight is 323 g/mol. The Kier molecular flexibility index (Phi) is 4.92. The van der Waals surface area contributed by atoms with Crippen molar-refractivity contribution in [2.24, 2.45) is 0 Å². The van der Waals surface area contributed by atoms with Gasteiger partial charge in [-0.2, -0.15) is 0 Å². The predicted molar refractivity (Wildman–Crippen MR) is 84.3 cm³/mol. The number of nitrogens with zero attached hydrogens (tertiary/aromatic N) is 1. The molecule has 0 aliphatic heterocycles. The fraction of sp³-hybridized carbons (Fsp3) is 0.267. The summed E-state index contributed by atoms with van der Waals surface area (Å²) in [5.74, 6) is -0.145. The number of carbonyl (C=O) groups is 1. The minimum absolute atomic E-state index is 0.145. The van der Waals surface area contributed by atoms with E-state index in [4.69, 9.17) is 0 Å². The molecule has 1 aromatic carbocycles. The van der Waals surface area contributed by atoms with Gasteiger partial charge in [0.05, 0.1) is 4.90 Å². The molecule has 0 spiro atoms. The highest BCUT2D eigenvalue weighted by molar-refractivity contribution is 7.89. The molecule has 0 bridgehead atoms. The van der Waals surface area contributed by atoms with Crippen molar-refractivity contribution < 1.29 is 13.2 Å². The summed E-state index contributed by atoms with van der Waals surface area (Å²) in [6.07, 6.45) is 0.680. The molecule has 6 heteroatoms. The summed E-state index contributed by atoms with van der Waals surface area (Å²) in [5, 5.41) is 1.97. The van der Waals surface area contributed by atoms with Crippen molar-refractivity contribution in [1.29, 1.82) is 0 Å². The summed E-state index contributed by atoms with van der Waals surface area (Å²) in [7, 11) is -2.00. The van der Waals surface area contributed by atoms with Crippen molar-refractivity contribution in [3.05, 3.63) is 52.2 Å². The molecule has 0 N–H and O–H groups in total. The third-order valence-electron chi connectivity index (χ3n) is 3.20. The van der Waals surface area contributed by atoms with Crippen LogP contribution in [0.15, 0.2) is 46.7 Å². The van der Waals surface area contributed by atoms with E-state index < -0.39 is 10.0 Å². The van der Waals surface area contributed by atoms with Gasteiger partial charge in [0.1, 0.15) is 0 Å². The van der Waals surface area contributed by atoms with Crippen molar-refractivity contribution in [3.8, 4) is 0 Å². The van der Waals surface area contributed by atoms with Crippen molar-refractivity contribution >= 4 is 27.1 Å². The number of benzene rings is 1. The van der Waals surface area contributed by atoms with Crippen LogP contribution in [0.4, 0.5) is 0 Å². The summed E-state index contributed by atoms with van der Waals surface area (Å²) in [4.78, 5) is 12.7. The van der Waals surface area contributed by atoms with Crippen LogP contribution in [-0.2, 0) is 16.4 Å².